The van der Waals surface area contributed by atoms with Gasteiger partial charge in [-0.2, -0.15) is 0 Å². The van der Waals surface area contributed by atoms with Crippen LogP contribution in [-0.2, 0) is 14.3 Å². The van der Waals surface area contributed by atoms with E-state index in [2.05, 4.69) is 4.90 Å². The van der Waals surface area contributed by atoms with Crippen molar-refractivity contribution in [1.29, 1.82) is 0 Å². The zero-order chi connectivity index (χ0) is 13.4. The van der Waals surface area contributed by atoms with Gasteiger partial charge in [0.1, 0.15) is 6.61 Å². The molecule has 0 saturated carbocycles. The molecule has 1 N–H and O–H groups in total. The normalized spacial score (nSPS) is 18.9. The van der Waals surface area contributed by atoms with Crippen LogP contribution in [0.2, 0.25) is 0 Å². The van der Waals surface area contributed by atoms with E-state index in [-0.39, 0.29) is 12.5 Å². The van der Waals surface area contributed by atoms with Crippen molar-refractivity contribution in [3.8, 4) is 0 Å². The highest BCUT2D eigenvalue weighted by molar-refractivity contribution is 5.77. The Bertz CT molecular complexity index is 242. The summed E-state index contributed by atoms with van der Waals surface area (Å²) in [5, 5.41) is 9.72. The van der Waals surface area contributed by atoms with E-state index in [1.165, 1.54) is 7.11 Å². The molecule has 0 bridgehead atoms. The highest BCUT2D eigenvalue weighted by Gasteiger charge is 2.22. The van der Waals surface area contributed by atoms with Gasteiger partial charge in [-0.3, -0.25) is 9.69 Å². The molecule has 0 aromatic rings. The molecule has 0 radical (unpaired) electrons. The Morgan fingerprint density at radius 2 is 2.00 bits per heavy atom. The summed E-state index contributed by atoms with van der Waals surface area (Å²) in [6.07, 6.45) is -0.453. The van der Waals surface area contributed by atoms with E-state index in [1.54, 1.807) is 4.90 Å². The number of hydrogen-bond acceptors (Lipinski definition) is 5. The van der Waals surface area contributed by atoms with E-state index >= 15 is 0 Å². The van der Waals surface area contributed by atoms with Crippen LogP contribution in [0.4, 0.5) is 0 Å². The van der Waals surface area contributed by atoms with Gasteiger partial charge < -0.3 is 19.5 Å². The van der Waals surface area contributed by atoms with Gasteiger partial charge in [0, 0.05) is 46.4 Å². The number of nitrogens with zero attached hydrogens (tertiary/aromatic N) is 2. The maximum atomic E-state index is 11.6. The molecule has 1 aliphatic rings. The van der Waals surface area contributed by atoms with Crippen molar-refractivity contribution < 1.29 is 19.4 Å². The van der Waals surface area contributed by atoms with Crippen LogP contribution in [0.25, 0.3) is 0 Å². The van der Waals surface area contributed by atoms with Crippen LogP contribution in [0, 0.1) is 0 Å². The van der Waals surface area contributed by atoms with E-state index < -0.39 is 6.10 Å². The van der Waals surface area contributed by atoms with Crippen LogP contribution in [0.1, 0.15) is 6.92 Å². The molecule has 0 aromatic carbocycles. The van der Waals surface area contributed by atoms with Crippen molar-refractivity contribution in [3.63, 3.8) is 0 Å². The monoisotopic (exact) mass is 260 g/mol. The third-order valence-corrected chi connectivity index (χ3v) is 2.98. The van der Waals surface area contributed by atoms with Crippen LogP contribution in [0.15, 0.2) is 0 Å². The van der Waals surface area contributed by atoms with Crippen molar-refractivity contribution in [3.05, 3.63) is 0 Å². The third-order valence-electron chi connectivity index (χ3n) is 2.98. The molecular weight excluding hydrogens is 236 g/mol. The van der Waals surface area contributed by atoms with Crippen molar-refractivity contribution in [2.75, 3.05) is 59.7 Å². The Labute approximate surface area is 108 Å². The topological polar surface area (TPSA) is 62.2 Å². The fourth-order valence-electron chi connectivity index (χ4n) is 2.00. The number of rotatable bonds is 7. The Kier molecular flexibility index (Phi) is 7.19. The van der Waals surface area contributed by atoms with Gasteiger partial charge >= 0.3 is 0 Å². The summed E-state index contributed by atoms with van der Waals surface area (Å²) in [5.74, 6) is 0.0343. The quantitative estimate of drug-likeness (QED) is 0.648. The van der Waals surface area contributed by atoms with Gasteiger partial charge in [-0.15, -0.1) is 0 Å². The van der Waals surface area contributed by atoms with Gasteiger partial charge in [0.15, 0.2) is 0 Å². The van der Waals surface area contributed by atoms with Crippen LogP contribution in [0.5, 0.6) is 0 Å². The minimum atomic E-state index is -0.453. The van der Waals surface area contributed by atoms with Crippen LogP contribution < -0.4 is 0 Å². The second-order valence-corrected chi connectivity index (χ2v) is 4.43. The van der Waals surface area contributed by atoms with Gasteiger partial charge in [0.25, 0.3) is 0 Å². The van der Waals surface area contributed by atoms with E-state index in [4.69, 9.17) is 9.47 Å². The number of aliphatic hydroxyl groups excluding tert-OH is 1. The van der Waals surface area contributed by atoms with Gasteiger partial charge in [-0.05, 0) is 6.92 Å². The minimum absolute atomic E-state index is 0.0343. The predicted molar refractivity (Wildman–Crippen MR) is 67.4 cm³/mol. The molecule has 1 saturated heterocycles. The SMILES string of the molecule is CCOC[C@H](O)CN1CCN(C(=O)COC)CC1. The molecule has 1 heterocycles. The van der Waals surface area contributed by atoms with E-state index in [9.17, 15) is 9.90 Å². The van der Waals surface area contributed by atoms with Crippen molar-refractivity contribution >= 4 is 5.91 Å². The maximum Gasteiger partial charge on any atom is 0.248 e. The summed E-state index contributed by atoms with van der Waals surface area (Å²) < 4.78 is 10.0. The van der Waals surface area contributed by atoms with Crippen LogP contribution >= 0.6 is 0 Å². The Morgan fingerprint density at radius 3 is 2.56 bits per heavy atom. The van der Waals surface area contributed by atoms with E-state index in [1.807, 2.05) is 6.92 Å². The molecule has 1 atom stereocenters. The Morgan fingerprint density at radius 1 is 1.33 bits per heavy atom. The first-order valence-electron chi connectivity index (χ1n) is 6.42. The van der Waals surface area contributed by atoms with Crippen molar-refractivity contribution in [2.24, 2.45) is 0 Å². The highest BCUT2D eigenvalue weighted by Crippen LogP contribution is 2.03. The number of amides is 1. The van der Waals surface area contributed by atoms with Crippen molar-refractivity contribution in [2.45, 2.75) is 13.0 Å². The molecule has 0 aromatic heterocycles. The molecule has 1 amide bonds. The van der Waals surface area contributed by atoms with Crippen LogP contribution in [0.3, 0.4) is 0 Å². The summed E-state index contributed by atoms with van der Waals surface area (Å²) in [6, 6.07) is 0. The lowest BCUT2D eigenvalue weighted by Crippen LogP contribution is -2.51. The summed E-state index contributed by atoms with van der Waals surface area (Å²) in [7, 11) is 1.53. The lowest BCUT2D eigenvalue weighted by molar-refractivity contribution is -0.137. The molecule has 106 valence electrons. The number of hydrogen-bond donors (Lipinski definition) is 1. The van der Waals surface area contributed by atoms with Gasteiger partial charge in [-0.25, -0.2) is 0 Å². The first-order valence-corrected chi connectivity index (χ1v) is 6.42. The average Bonchev–Trinajstić information content (AvgIpc) is 2.37. The number of piperazine rings is 1. The Balaban J connectivity index is 2.20. The third kappa shape index (κ3) is 5.30. The summed E-state index contributed by atoms with van der Waals surface area (Å²) in [6.45, 7) is 6.63. The summed E-state index contributed by atoms with van der Waals surface area (Å²) in [5.41, 5.74) is 0. The first-order chi connectivity index (χ1) is 8.67. The molecule has 1 fully saturated rings. The molecule has 0 unspecified atom stereocenters. The highest BCUT2D eigenvalue weighted by atomic mass is 16.5. The molecule has 6 nitrogen and oxygen atoms in total. The fraction of sp³-hybridized carbons (Fsp3) is 0.917. The number of ether oxygens (including phenoxy) is 2. The summed E-state index contributed by atoms with van der Waals surface area (Å²) in [4.78, 5) is 15.5. The molecule has 0 aliphatic carbocycles. The maximum absolute atomic E-state index is 11.6. The molecule has 1 aliphatic heterocycles. The molecule has 6 heteroatoms. The van der Waals surface area contributed by atoms with Crippen molar-refractivity contribution in [1.82, 2.24) is 9.80 Å². The smallest absolute Gasteiger partial charge is 0.248 e. The molecule has 18 heavy (non-hydrogen) atoms. The second kappa shape index (κ2) is 8.42. The van der Waals surface area contributed by atoms with E-state index in [0.29, 0.717) is 32.8 Å². The molecule has 1 rings (SSSR count). The number of methoxy groups -OCH3 is 1. The van der Waals surface area contributed by atoms with Gasteiger partial charge in [0.05, 0.1) is 12.7 Å². The summed E-state index contributed by atoms with van der Waals surface area (Å²) >= 11 is 0. The standard InChI is InChI=1S/C12H24N2O4/c1-3-18-9-11(15)8-13-4-6-14(7-5-13)12(16)10-17-2/h11,15H,3-10H2,1-2H3/t11-/m1/s1. The van der Waals surface area contributed by atoms with E-state index in [0.717, 1.165) is 13.1 Å². The second-order valence-electron chi connectivity index (χ2n) is 4.43. The van der Waals surface area contributed by atoms with Gasteiger partial charge in [0.2, 0.25) is 5.91 Å². The number of carbonyl (C=O) groups excluding carboxylic acids is 1. The van der Waals surface area contributed by atoms with Gasteiger partial charge in [-0.1, -0.05) is 0 Å². The largest absolute Gasteiger partial charge is 0.389 e. The Hall–Kier alpha value is -0.690. The zero-order valence-electron chi connectivity index (χ0n) is 11.3. The number of β-amino-alcohol motifs (C(OH)–C–C–N with tert-alkyl or cyclic N) is 1. The number of carbonyl (C=O) groups is 1. The fourth-order valence-corrected chi connectivity index (χ4v) is 2.00. The average molecular weight is 260 g/mol. The number of aliphatic hydroxyl groups is 1. The molecule has 0 spiro atoms. The predicted octanol–water partition coefficient (Wildman–Crippen LogP) is -0.826. The first kappa shape index (κ1) is 15.4. The zero-order valence-corrected chi connectivity index (χ0v) is 11.3. The minimum Gasteiger partial charge on any atom is -0.389 e. The van der Waals surface area contributed by atoms with Crippen LogP contribution in [-0.4, -0.2) is 86.6 Å². The lowest BCUT2D eigenvalue weighted by Gasteiger charge is -2.35. The molecular formula is C12H24N2O4. The lowest BCUT2D eigenvalue weighted by atomic mass is 10.2.